The first-order chi connectivity index (χ1) is 11.3. The molecule has 0 atom stereocenters. The molecule has 0 unspecified atom stereocenters. The Morgan fingerprint density at radius 1 is 0.875 bits per heavy atom. The van der Waals surface area contributed by atoms with Gasteiger partial charge in [0.1, 0.15) is 0 Å². The van der Waals surface area contributed by atoms with E-state index < -0.39 is 5.60 Å². The molecule has 2 aliphatic rings. The molecule has 2 nitrogen and oxygen atoms in total. The van der Waals surface area contributed by atoms with E-state index >= 15 is 0 Å². The zero-order valence-corrected chi connectivity index (χ0v) is 16.2. The quantitative estimate of drug-likeness (QED) is 0.535. The fourth-order valence-corrected chi connectivity index (χ4v) is 4.02. The van der Waals surface area contributed by atoms with Crippen molar-refractivity contribution in [2.24, 2.45) is 0 Å². The molecule has 0 radical (unpaired) electrons. The van der Waals surface area contributed by atoms with E-state index in [1.807, 2.05) is 0 Å². The molecule has 0 aromatic carbocycles. The lowest BCUT2D eigenvalue weighted by molar-refractivity contribution is -0.0226. The number of aliphatic hydroxyl groups is 1. The van der Waals surface area contributed by atoms with Gasteiger partial charge in [-0.25, -0.2) is 0 Å². The van der Waals surface area contributed by atoms with Crippen LogP contribution in [-0.4, -0.2) is 22.9 Å². The van der Waals surface area contributed by atoms with Gasteiger partial charge in [0, 0.05) is 6.42 Å². The Hall–Kier alpha value is -0.860. The zero-order valence-electron chi connectivity index (χ0n) is 16.2. The Bertz CT molecular complexity index is 498. The van der Waals surface area contributed by atoms with Gasteiger partial charge in [-0.15, -0.1) is 0 Å². The summed E-state index contributed by atoms with van der Waals surface area (Å²) in [6.45, 7) is 9.46. The van der Waals surface area contributed by atoms with Gasteiger partial charge in [-0.3, -0.25) is 0 Å². The highest BCUT2D eigenvalue weighted by Gasteiger charge is 2.54. The van der Waals surface area contributed by atoms with Gasteiger partial charge in [0.05, 0.1) is 17.8 Å². The lowest BCUT2D eigenvalue weighted by Crippen LogP contribution is -2.26. The van der Waals surface area contributed by atoms with Crippen molar-refractivity contribution in [1.82, 2.24) is 0 Å². The van der Waals surface area contributed by atoms with Crippen LogP contribution < -0.4 is 0 Å². The van der Waals surface area contributed by atoms with Crippen molar-refractivity contribution >= 4 is 0 Å². The molecule has 2 heteroatoms. The highest BCUT2D eigenvalue weighted by atomic mass is 16.5. The number of ether oxygens (including phenoxy) is 1. The number of fused-ring (bicyclic) bond motifs is 2. The summed E-state index contributed by atoms with van der Waals surface area (Å²) in [5.74, 6) is 0. The number of allylic oxidation sites excluding steroid dienone is 5. The molecular formula is C22H36O2. The van der Waals surface area contributed by atoms with E-state index in [1.54, 1.807) is 0 Å². The largest absolute Gasteiger partial charge is 0.390 e. The average molecular weight is 333 g/mol. The van der Waals surface area contributed by atoms with E-state index in [9.17, 15) is 5.11 Å². The van der Waals surface area contributed by atoms with Crippen molar-refractivity contribution in [3.63, 3.8) is 0 Å². The Balaban J connectivity index is 1.64. The normalized spacial score (nSPS) is 30.0. The monoisotopic (exact) mass is 332 g/mol. The van der Waals surface area contributed by atoms with Gasteiger partial charge < -0.3 is 9.84 Å². The Morgan fingerprint density at radius 3 is 2.00 bits per heavy atom. The van der Waals surface area contributed by atoms with Gasteiger partial charge in [0.2, 0.25) is 0 Å². The van der Waals surface area contributed by atoms with Gasteiger partial charge in [0.15, 0.2) is 0 Å². The van der Waals surface area contributed by atoms with Crippen LogP contribution in [0.25, 0.3) is 0 Å². The molecule has 2 fully saturated rings. The van der Waals surface area contributed by atoms with Crippen LogP contribution in [0.1, 0.15) is 85.5 Å². The minimum Gasteiger partial charge on any atom is -0.390 e. The summed E-state index contributed by atoms with van der Waals surface area (Å²) >= 11 is 0. The summed E-state index contributed by atoms with van der Waals surface area (Å²) in [4.78, 5) is 0. The van der Waals surface area contributed by atoms with E-state index in [2.05, 4.69) is 45.9 Å². The molecule has 0 spiro atoms. The molecule has 136 valence electrons. The fraction of sp³-hybridized carbons (Fsp3) is 0.727. The van der Waals surface area contributed by atoms with Crippen LogP contribution >= 0.6 is 0 Å². The molecule has 0 amide bonds. The standard InChI is InChI=1S/C22H36O2/c1-18(2)7-5-8-19(3)9-6-10-20(4)11-16-24-22-14-12-21(23,17-22)13-15-22/h7,9,11,23H,5-6,8,10,12-17H2,1-4H3. The van der Waals surface area contributed by atoms with Gasteiger partial charge in [-0.2, -0.15) is 0 Å². The van der Waals surface area contributed by atoms with Gasteiger partial charge in [-0.1, -0.05) is 34.9 Å². The lowest BCUT2D eigenvalue weighted by Gasteiger charge is -2.26. The second-order valence-electron chi connectivity index (χ2n) is 8.35. The van der Waals surface area contributed by atoms with Crippen molar-refractivity contribution < 1.29 is 9.84 Å². The van der Waals surface area contributed by atoms with Crippen molar-refractivity contribution in [1.29, 1.82) is 0 Å². The van der Waals surface area contributed by atoms with Crippen molar-refractivity contribution in [3.05, 3.63) is 34.9 Å². The van der Waals surface area contributed by atoms with E-state index in [1.165, 1.54) is 23.1 Å². The first-order valence-electron chi connectivity index (χ1n) is 9.64. The Labute approximate surface area is 148 Å². The predicted octanol–water partition coefficient (Wildman–Crippen LogP) is 5.87. The summed E-state index contributed by atoms with van der Waals surface area (Å²) in [5, 5.41) is 10.3. The molecule has 0 heterocycles. The van der Waals surface area contributed by atoms with Crippen molar-refractivity contribution in [3.8, 4) is 0 Å². The summed E-state index contributed by atoms with van der Waals surface area (Å²) < 4.78 is 6.16. The highest BCUT2D eigenvalue weighted by Crippen LogP contribution is 2.52. The maximum Gasteiger partial charge on any atom is 0.0716 e. The molecule has 0 aliphatic heterocycles. The van der Waals surface area contributed by atoms with E-state index in [4.69, 9.17) is 4.74 Å². The maximum absolute atomic E-state index is 10.3. The second-order valence-corrected chi connectivity index (χ2v) is 8.35. The summed E-state index contributed by atoms with van der Waals surface area (Å²) in [7, 11) is 0. The van der Waals surface area contributed by atoms with Crippen LogP contribution in [0.2, 0.25) is 0 Å². The first kappa shape index (κ1) is 19.5. The van der Waals surface area contributed by atoms with E-state index in [0.29, 0.717) is 6.61 Å². The van der Waals surface area contributed by atoms with Gasteiger partial charge in [0.25, 0.3) is 0 Å². The van der Waals surface area contributed by atoms with Crippen LogP contribution in [-0.2, 0) is 4.74 Å². The number of hydrogen-bond donors (Lipinski definition) is 1. The molecule has 2 aliphatic carbocycles. The summed E-state index contributed by atoms with van der Waals surface area (Å²) in [6.07, 6.45) is 16.2. The van der Waals surface area contributed by atoms with Crippen molar-refractivity contribution in [2.45, 2.75) is 96.7 Å². The average Bonchev–Trinajstić information content (AvgIpc) is 3.00. The Morgan fingerprint density at radius 2 is 1.46 bits per heavy atom. The SMILES string of the molecule is CC(C)=CCCC(C)=CCCC(C)=CCOC12CCC(O)(CC1)C2. The maximum atomic E-state index is 10.3. The second kappa shape index (κ2) is 8.49. The van der Waals surface area contributed by atoms with Crippen LogP contribution in [0.5, 0.6) is 0 Å². The highest BCUT2D eigenvalue weighted by molar-refractivity contribution is 5.09. The zero-order chi connectivity index (χ0) is 17.6. The van der Waals surface area contributed by atoms with Crippen LogP contribution in [0, 0.1) is 0 Å². The molecule has 1 N–H and O–H groups in total. The molecule has 2 bridgehead atoms. The molecule has 2 saturated carbocycles. The van der Waals surface area contributed by atoms with Crippen molar-refractivity contribution in [2.75, 3.05) is 6.61 Å². The Kier molecular flexibility index (Phi) is 6.88. The number of hydrogen-bond acceptors (Lipinski definition) is 2. The minimum absolute atomic E-state index is 0.0209. The molecule has 0 aromatic rings. The topological polar surface area (TPSA) is 29.5 Å². The smallest absolute Gasteiger partial charge is 0.0716 e. The van der Waals surface area contributed by atoms with E-state index in [-0.39, 0.29) is 5.60 Å². The lowest BCUT2D eigenvalue weighted by atomic mass is 9.95. The first-order valence-corrected chi connectivity index (χ1v) is 9.64. The summed E-state index contributed by atoms with van der Waals surface area (Å²) in [5.41, 5.74) is 3.88. The predicted molar refractivity (Wildman–Crippen MR) is 102 cm³/mol. The molecule has 0 saturated heterocycles. The minimum atomic E-state index is -0.410. The fourth-order valence-electron chi connectivity index (χ4n) is 4.02. The van der Waals surface area contributed by atoms with Crippen LogP contribution in [0.3, 0.4) is 0 Å². The molecule has 2 rings (SSSR count). The van der Waals surface area contributed by atoms with Gasteiger partial charge in [-0.05, 0) is 79.1 Å². The molecule has 0 aromatic heterocycles. The number of rotatable bonds is 9. The molecule has 24 heavy (non-hydrogen) atoms. The third-order valence-electron chi connectivity index (χ3n) is 5.69. The van der Waals surface area contributed by atoms with E-state index in [0.717, 1.165) is 51.4 Å². The third-order valence-corrected chi connectivity index (χ3v) is 5.69. The molecular weight excluding hydrogens is 296 g/mol. The summed E-state index contributed by atoms with van der Waals surface area (Å²) in [6, 6.07) is 0. The van der Waals surface area contributed by atoms with Crippen LogP contribution in [0.15, 0.2) is 34.9 Å². The third kappa shape index (κ3) is 5.89. The van der Waals surface area contributed by atoms with Gasteiger partial charge >= 0.3 is 0 Å². The van der Waals surface area contributed by atoms with Crippen LogP contribution in [0.4, 0.5) is 0 Å².